The minimum atomic E-state index is -0.576. The summed E-state index contributed by atoms with van der Waals surface area (Å²) in [6, 6.07) is 7.46. The number of carbonyl (C=O) groups excluding carboxylic acids is 1. The molecule has 0 spiro atoms. The lowest BCUT2D eigenvalue weighted by molar-refractivity contribution is 0.0857. The van der Waals surface area contributed by atoms with Crippen molar-refractivity contribution in [1.82, 2.24) is 15.1 Å². The van der Waals surface area contributed by atoms with Gasteiger partial charge in [-0.2, -0.15) is 5.10 Å². The molecule has 1 amide bonds. The summed E-state index contributed by atoms with van der Waals surface area (Å²) >= 11 is 0. The fraction of sp³-hybridized carbons (Fsp3) is 0.333. The van der Waals surface area contributed by atoms with Crippen LogP contribution in [-0.2, 0) is 13.5 Å². The van der Waals surface area contributed by atoms with E-state index in [0.717, 1.165) is 16.8 Å². The molecule has 0 saturated heterocycles. The molecule has 0 saturated carbocycles. The van der Waals surface area contributed by atoms with Crippen LogP contribution in [0.15, 0.2) is 30.5 Å². The molecule has 0 radical (unpaired) electrons. The molecular weight excluding hydrogens is 254 g/mol. The van der Waals surface area contributed by atoms with Gasteiger partial charge in [0.15, 0.2) is 0 Å². The van der Waals surface area contributed by atoms with Crippen LogP contribution in [0.2, 0.25) is 0 Å². The predicted molar refractivity (Wildman–Crippen MR) is 74.3 cm³/mol. The fourth-order valence-electron chi connectivity index (χ4n) is 2.69. The van der Waals surface area contributed by atoms with Gasteiger partial charge < -0.3 is 10.4 Å². The number of rotatable bonds is 2. The highest BCUT2D eigenvalue weighted by Crippen LogP contribution is 2.31. The Kier molecular flexibility index (Phi) is 3.06. The maximum Gasteiger partial charge on any atom is 0.255 e. The Hall–Kier alpha value is -2.14. The van der Waals surface area contributed by atoms with Gasteiger partial charge in [0.1, 0.15) is 0 Å². The van der Waals surface area contributed by atoms with Gasteiger partial charge >= 0.3 is 0 Å². The molecule has 5 heteroatoms. The first-order chi connectivity index (χ1) is 9.58. The summed E-state index contributed by atoms with van der Waals surface area (Å²) in [5, 5.41) is 17.1. The van der Waals surface area contributed by atoms with Crippen LogP contribution in [0, 0.1) is 6.92 Å². The molecule has 2 N–H and O–H groups in total. The normalized spacial score (nSPS) is 20.8. The van der Waals surface area contributed by atoms with Crippen molar-refractivity contribution in [2.45, 2.75) is 25.5 Å². The molecule has 1 heterocycles. The van der Waals surface area contributed by atoms with Gasteiger partial charge in [0.05, 0.1) is 23.9 Å². The van der Waals surface area contributed by atoms with Crippen LogP contribution >= 0.6 is 0 Å². The SMILES string of the molecule is Cc1c(C(=O)NC2c3ccccc3CC2O)cnn1C. The van der Waals surface area contributed by atoms with Gasteiger partial charge in [-0.15, -0.1) is 0 Å². The number of aryl methyl sites for hydroxylation is 1. The number of carbonyl (C=O) groups is 1. The van der Waals surface area contributed by atoms with Crippen molar-refractivity contribution < 1.29 is 9.90 Å². The zero-order valence-electron chi connectivity index (χ0n) is 11.5. The molecule has 2 unspecified atom stereocenters. The zero-order chi connectivity index (χ0) is 14.3. The van der Waals surface area contributed by atoms with Crippen molar-refractivity contribution in [3.8, 4) is 0 Å². The van der Waals surface area contributed by atoms with Crippen LogP contribution in [0.1, 0.15) is 33.2 Å². The number of hydrogen-bond acceptors (Lipinski definition) is 3. The van der Waals surface area contributed by atoms with Crippen molar-refractivity contribution in [1.29, 1.82) is 0 Å². The number of amides is 1. The lowest BCUT2D eigenvalue weighted by atomic mass is 10.1. The summed E-state index contributed by atoms with van der Waals surface area (Å²) in [4.78, 5) is 12.3. The van der Waals surface area contributed by atoms with E-state index in [4.69, 9.17) is 0 Å². The van der Waals surface area contributed by atoms with Crippen molar-refractivity contribution in [2.24, 2.45) is 7.05 Å². The molecular formula is C15H17N3O2. The maximum atomic E-state index is 12.3. The first kappa shape index (κ1) is 12.9. The largest absolute Gasteiger partial charge is 0.390 e. The number of aliphatic hydroxyl groups excluding tert-OH is 1. The van der Waals surface area contributed by atoms with Crippen molar-refractivity contribution in [3.05, 3.63) is 52.8 Å². The number of nitrogens with zero attached hydrogens (tertiary/aromatic N) is 2. The van der Waals surface area contributed by atoms with Gasteiger partial charge in [0.25, 0.3) is 5.91 Å². The highest BCUT2D eigenvalue weighted by Gasteiger charge is 2.32. The third-order valence-electron chi connectivity index (χ3n) is 3.97. The number of aliphatic hydroxyl groups is 1. The van der Waals surface area contributed by atoms with E-state index in [9.17, 15) is 9.90 Å². The van der Waals surface area contributed by atoms with Gasteiger partial charge in [-0.25, -0.2) is 0 Å². The lowest BCUT2D eigenvalue weighted by Crippen LogP contribution is -2.34. The molecule has 5 nitrogen and oxygen atoms in total. The smallest absolute Gasteiger partial charge is 0.255 e. The summed E-state index contributed by atoms with van der Waals surface area (Å²) in [5.41, 5.74) is 3.44. The Bertz CT molecular complexity index is 663. The number of nitrogens with one attached hydrogen (secondary N) is 1. The predicted octanol–water partition coefficient (Wildman–Crippen LogP) is 1.12. The monoisotopic (exact) mass is 271 g/mol. The van der Waals surface area contributed by atoms with Gasteiger partial charge in [0.2, 0.25) is 0 Å². The van der Waals surface area contributed by atoms with E-state index in [2.05, 4.69) is 10.4 Å². The first-order valence-corrected chi connectivity index (χ1v) is 6.63. The van der Waals surface area contributed by atoms with Crippen LogP contribution in [0.4, 0.5) is 0 Å². The average Bonchev–Trinajstić information content (AvgIpc) is 2.92. The quantitative estimate of drug-likeness (QED) is 0.860. The first-order valence-electron chi connectivity index (χ1n) is 6.63. The molecule has 20 heavy (non-hydrogen) atoms. The topological polar surface area (TPSA) is 67.2 Å². The summed E-state index contributed by atoms with van der Waals surface area (Å²) in [6.45, 7) is 1.85. The molecule has 1 aliphatic carbocycles. The van der Waals surface area contributed by atoms with Crippen molar-refractivity contribution in [2.75, 3.05) is 0 Å². The second kappa shape index (κ2) is 4.76. The molecule has 1 aromatic carbocycles. The van der Waals surface area contributed by atoms with E-state index in [1.807, 2.05) is 31.2 Å². The number of aromatic nitrogens is 2. The van der Waals surface area contributed by atoms with Gasteiger partial charge in [-0.1, -0.05) is 24.3 Å². The van der Waals surface area contributed by atoms with Crippen molar-refractivity contribution >= 4 is 5.91 Å². The fourth-order valence-corrected chi connectivity index (χ4v) is 2.69. The molecule has 0 aliphatic heterocycles. The van der Waals surface area contributed by atoms with E-state index >= 15 is 0 Å². The Morgan fingerprint density at radius 2 is 2.20 bits per heavy atom. The Balaban J connectivity index is 1.85. The Labute approximate surface area is 117 Å². The van der Waals surface area contributed by atoms with Crippen molar-refractivity contribution in [3.63, 3.8) is 0 Å². The standard InChI is InChI=1S/C15H17N3O2/c1-9-12(8-16-18(9)2)15(20)17-14-11-6-4-3-5-10(11)7-13(14)19/h3-6,8,13-14,19H,7H2,1-2H3,(H,17,20). The second-order valence-corrected chi connectivity index (χ2v) is 5.19. The highest BCUT2D eigenvalue weighted by molar-refractivity contribution is 5.95. The number of benzene rings is 1. The van der Waals surface area contributed by atoms with E-state index in [-0.39, 0.29) is 11.9 Å². The van der Waals surface area contributed by atoms with Crippen LogP contribution in [0.25, 0.3) is 0 Å². The third kappa shape index (κ3) is 2.00. The highest BCUT2D eigenvalue weighted by atomic mass is 16.3. The average molecular weight is 271 g/mol. The number of hydrogen-bond donors (Lipinski definition) is 2. The molecule has 104 valence electrons. The molecule has 0 bridgehead atoms. The van der Waals surface area contributed by atoms with Crippen LogP contribution in [0.3, 0.4) is 0 Å². The molecule has 2 atom stereocenters. The Morgan fingerprint density at radius 1 is 1.45 bits per heavy atom. The third-order valence-corrected chi connectivity index (χ3v) is 3.97. The minimum absolute atomic E-state index is 0.198. The Morgan fingerprint density at radius 3 is 2.90 bits per heavy atom. The summed E-state index contributed by atoms with van der Waals surface area (Å²) in [6.07, 6.45) is 1.55. The summed E-state index contributed by atoms with van der Waals surface area (Å²) in [5.74, 6) is -0.198. The van der Waals surface area contributed by atoms with E-state index in [1.165, 1.54) is 0 Å². The van der Waals surface area contributed by atoms with Crippen LogP contribution in [0.5, 0.6) is 0 Å². The van der Waals surface area contributed by atoms with Gasteiger partial charge in [-0.3, -0.25) is 9.48 Å². The van der Waals surface area contributed by atoms with Gasteiger partial charge in [0, 0.05) is 19.2 Å². The summed E-state index contributed by atoms with van der Waals surface area (Å²) < 4.78 is 1.66. The van der Waals surface area contributed by atoms with E-state index in [1.54, 1.807) is 17.9 Å². The molecule has 2 aromatic rings. The van der Waals surface area contributed by atoms with E-state index in [0.29, 0.717) is 12.0 Å². The maximum absolute atomic E-state index is 12.3. The molecule has 0 fully saturated rings. The molecule has 1 aromatic heterocycles. The van der Waals surface area contributed by atoms with Crippen LogP contribution in [-0.4, -0.2) is 26.9 Å². The molecule has 3 rings (SSSR count). The zero-order valence-corrected chi connectivity index (χ0v) is 11.5. The number of fused-ring (bicyclic) bond motifs is 1. The van der Waals surface area contributed by atoms with Crippen LogP contribution < -0.4 is 5.32 Å². The lowest BCUT2D eigenvalue weighted by Gasteiger charge is -2.17. The summed E-state index contributed by atoms with van der Waals surface area (Å²) in [7, 11) is 1.80. The van der Waals surface area contributed by atoms with E-state index < -0.39 is 6.10 Å². The minimum Gasteiger partial charge on any atom is -0.390 e. The molecule has 1 aliphatic rings. The van der Waals surface area contributed by atoms with Gasteiger partial charge in [-0.05, 0) is 18.1 Å². The second-order valence-electron chi connectivity index (χ2n) is 5.19.